The molecular weight excluding hydrogens is 434 g/mol. The van der Waals surface area contributed by atoms with Crippen LogP contribution in [0.4, 0.5) is 17.6 Å². The van der Waals surface area contributed by atoms with Gasteiger partial charge < -0.3 is 9.40 Å². The van der Waals surface area contributed by atoms with Gasteiger partial charge in [-0.15, -0.1) is 10.2 Å². The molecule has 2 heterocycles. The maximum Gasteiger partial charge on any atom is 0.326 e. The molecule has 9 nitrogen and oxygen atoms in total. The molecule has 30 heavy (non-hydrogen) atoms. The summed E-state index contributed by atoms with van der Waals surface area (Å²) >= 11 is 0. The number of H-pyrrole nitrogens is 1. The first-order chi connectivity index (χ1) is 14.1. The lowest BCUT2D eigenvalue weighted by Gasteiger charge is -2.16. The molecule has 0 spiro atoms. The summed E-state index contributed by atoms with van der Waals surface area (Å²) in [6, 6.07) is 0.814. The number of sulfonamides is 1. The van der Waals surface area contributed by atoms with Gasteiger partial charge in [-0.3, -0.25) is 4.57 Å². The Hall–Kier alpha value is -2.74. The van der Waals surface area contributed by atoms with E-state index in [1.54, 1.807) is 6.92 Å². The molecule has 2 N–H and O–H groups in total. The van der Waals surface area contributed by atoms with Crippen LogP contribution in [0.1, 0.15) is 32.1 Å². The topological polar surface area (TPSA) is 123 Å². The number of fused-ring (bicyclic) bond motifs is 1. The number of rotatable bonds is 7. The van der Waals surface area contributed by atoms with E-state index in [1.165, 1.54) is 0 Å². The standard InChI is InChI=1S/C16H15F4N5O4S/c1-2-25-8-5-7(18)11(30(27,28)24-16(6-17)3-4-16)9(10(8)21-15(25)26)13-22-23-14(29-13)12(19)20/h5,12,24H,2-4,6H2,1H3,(H,21,26). The van der Waals surface area contributed by atoms with Crippen LogP contribution in [0.5, 0.6) is 0 Å². The second-order valence-electron chi connectivity index (χ2n) is 6.90. The van der Waals surface area contributed by atoms with Crippen LogP contribution < -0.4 is 10.4 Å². The Morgan fingerprint density at radius 1 is 1.37 bits per heavy atom. The molecule has 162 valence electrons. The molecule has 14 heteroatoms. The highest BCUT2D eigenvalue weighted by Gasteiger charge is 2.47. The average Bonchev–Trinajstić information content (AvgIpc) is 3.12. The molecule has 0 unspecified atom stereocenters. The number of benzene rings is 1. The number of aromatic amines is 1. The Morgan fingerprint density at radius 2 is 2.07 bits per heavy atom. The number of aryl methyl sites for hydroxylation is 1. The minimum atomic E-state index is -4.70. The van der Waals surface area contributed by atoms with E-state index in [0.29, 0.717) is 0 Å². The van der Waals surface area contributed by atoms with Crippen LogP contribution in [0.3, 0.4) is 0 Å². The van der Waals surface area contributed by atoms with Crippen molar-refractivity contribution in [2.75, 3.05) is 6.67 Å². The molecule has 2 aromatic heterocycles. The fraction of sp³-hybridized carbons (Fsp3) is 0.438. The Kier molecular flexibility index (Phi) is 4.73. The Balaban J connectivity index is 2.04. The first-order valence-corrected chi connectivity index (χ1v) is 10.3. The van der Waals surface area contributed by atoms with E-state index in [9.17, 15) is 26.4 Å². The zero-order chi connectivity index (χ0) is 21.8. The van der Waals surface area contributed by atoms with Crippen molar-refractivity contribution in [3.05, 3.63) is 28.3 Å². The van der Waals surface area contributed by atoms with Crippen LogP contribution in [0.2, 0.25) is 0 Å². The summed E-state index contributed by atoms with van der Waals surface area (Å²) in [5.41, 5.74) is -2.86. The molecule has 0 saturated heterocycles. The van der Waals surface area contributed by atoms with Crippen LogP contribution in [-0.2, 0) is 16.6 Å². The summed E-state index contributed by atoms with van der Waals surface area (Å²) < 4.78 is 88.1. The summed E-state index contributed by atoms with van der Waals surface area (Å²) in [6.45, 7) is 0.696. The van der Waals surface area contributed by atoms with Crippen LogP contribution in [0.25, 0.3) is 22.5 Å². The average molecular weight is 449 g/mol. The Labute approximate surface area is 166 Å². The van der Waals surface area contributed by atoms with Crippen molar-refractivity contribution < 1.29 is 30.4 Å². The lowest BCUT2D eigenvalue weighted by atomic mass is 10.1. The SMILES string of the molecule is CCn1c(=O)[nH]c2c(-c3nnc(C(F)F)o3)c(S(=O)(=O)NC3(CF)CC3)c(F)cc21. The zero-order valence-electron chi connectivity index (χ0n) is 15.4. The molecule has 1 saturated carbocycles. The van der Waals surface area contributed by atoms with Gasteiger partial charge in [0, 0.05) is 12.6 Å². The maximum atomic E-state index is 15.1. The minimum Gasteiger partial charge on any atom is -0.415 e. The lowest BCUT2D eigenvalue weighted by Crippen LogP contribution is -2.39. The number of nitrogens with one attached hydrogen (secondary N) is 2. The number of halogens is 4. The second-order valence-corrected chi connectivity index (χ2v) is 8.52. The maximum absolute atomic E-state index is 15.1. The number of aromatic nitrogens is 4. The quantitative estimate of drug-likeness (QED) is 0.534. The molecule has 0 bridgehead atoms. The Bertz CT molecular complexity index is 1290. The third kappa shape index (κ3) is 3.19. The van der Waals surface area contributed by atoms with E-state index in [4.69, 9.17) is 4.42 Å². The van der Waals surface area contributed by atoms with Crippen LogP contribution in [0.15, 0.2) is 20.2 Å². The van der Waals surface area contributed by atoms with Crippen molar-refractivity contribution >= 4 is 21.1 Å². The van der Waals surface area contributed by atoms with E-state index in [-0.39, 0.29) is 30.4 Å². The van der Waals surface area contributed by atoms with Crippen molar-refractivity contribution in [1.29, 1.82) is 0 Å². The predicted molar refractivity (Wildman–Crippen MR) is 94.7 cm³/mol. The minimum absolute atomic E-state index is 0.0302. The lowest BCUT2D eigenvalue weighted by molar-refractivity contribution is 0.116. The van der Waals surface area contributed by atoms with Gasteiger partial charge in [0.1, 0.15) is 17.4 Å². The van der Waals surface area contributed by atoms with Gasteiger partial charge in [-0.2, -0.15) is 8.78 Å². The molecule has 1 aliphatic carbocycles. The molecular formula is C16H15F4N5O4S. The highest BCUT2D eigenvalue weighted by atomic mass is 32.2. The van der Waals surface area contributed by atoms with Crippen LogP contribution >= 0.6 is 0 Å². The summed E-state index contributed by atoms with van der Waals surface area (Å²) in [5, 5.41) is 6.55. The van der Waals surface area contributed by atoms with E-state index in [1.807, 2.05) is 0 Å². The molecule has 1 aliphatic rings. The van der Waals surface area contributed by atoms with Crippen molar-refractivity contribution in [1.82, 2.24) is 24.5 Å². The van der Waals surface area contributed by atoms with Gasteiger partial charge in [-0.25, -0.2) is 26.7 Å². The van der Waals surface area contributed by atoms with Crippen LogP contribution in [0, 0.1) is 5.82 Å². The number of hydrogen-bond donors (Lipinski definition) is 2. The number of hydrogen-bond acceptors (Lipinski definition) is 6. The summed E-state index contributed by atoms with van der Waals surface area (Å²) in [5.74, 6) is -3.14. The van der Waals surface area contributed by atoms with Crippen LogP contribution in [-0.4, -0.2) is 40.4 Å². The van der Waals surface area contributed by atoms with Gasteiger partial charge in [-0.05, 0) is 19.8 Å². The van der Waals surface area contributed by atoms with E-state index in [2.05, 4.69) is 19.9 Å². The second kappa shape index (κ2) is 6.91. The van der Waals surface area contributed by atoms with E-state index >= 15 is 4.39 Å². The summed E-state index contributed by atoms with van der Waals surface area (Å²) in [7, 11) is -4.70. The first kappa shape index (κ1) is 20.5. The normalized spacial score (nSPS) is 15.9. The summed E-state index contributed by atoms with van der Waals surface area (Å²) in [6.07, 6.45) is -2.74. The largest absolute Gasteiger partial charge is 0.415 e. The van der Waals surface area contributed by atoms with Crippen molar-refractivity contribution in [2.45, 2.75) is 43.2 Å². The van der Waals surface area contributed by atoms with Gasteiger partial charge in [-0.1, -0.05) is 0 Å². The molecule has 0 aliphatic heterocycles. The van der Waals surface area contributed by atoms with E-state index in [0.717, 1.165) is 10.6 Å². The fourth-order valence-corrected chi connectivity index (χ4v) is 4.90. The molecule has 0 amide bonds. The van der Waals surface area contributed by atoms with Gasteiger partial charge in [0.05, 0.1) is 22.1 Å². The fourth-order valence-electron chi connectivity index (χ4n) is 3.20. The smallest absolute Gasteiger partial charge is 0.326 e. The molecule has 1 fully saturated rings. The highest BCUT2D eigenvalue weighted by molar-refractivity contribution is 7.89. The molecule has 3 aromatic rings. The molecule has 0 radical (unpaired) electrons. The highest BCUT2D eigenvalue weighted by Crippen LogP contribution is 2.40. The van der Waals surface area contributed by atoms with Gasteiger partial charge in [0.2, 0.25) is 10.0 Å². The number of alkyl halides is 3. The Morgan fingerprint density at radius 3 is 2.60 bits per heavy atom. The van der Waals surface area contributed by atoms with Crippen molar-refractivity contribution in [3.63, 3.8) is 0 Å². The third-order valence-electron chi connectivity index (χ3n) is 4.87. The zero-order valence-corrected chi connectivity index (χ0v) is 16.2. The number of nitrogens with zero attached hydrogens (tertiary/aromatic N) is 3. The van der Waals surface area contributed by atoms with Gasteiger partial charge in [0.15, 0.2) is 0 Å². The monoisotopic (exact) mass is 449 g/mol. The molecule has 4 rings (SSSR count). The first-order valence-electron chi connectivity index (χ1n) is 8.79. The number of imidazole rings is 1. The van der Waals surface area contributed by atoms with Gasteiger partial charge >= 0.3 is 12.1 Å². The third-order valence-corrected chi connectivity index (χ3v) is 6.51. The van der Waals surface area contributed by atoms with E-state index < -0.39 is 62.4 Å². The summed E-state index contributed by atoms with van der Waals surface area (Å²) in [4.78, 5) is 13.6. The molecule has 0 atom stereocenters. The van der Waals surface area contributed by atoms with Crippen molar-refractivity contribution in [2.24, 2.45) is 0 Å². The van der Waals surface area contributed by atoms with Gasteiger partial charge in [0.25, 0.3) is 11.8 Å². The van der Waals surface area contributed by atoms with Crippen molar-refractivity contribution in [3.8, 4) is 11.5 Å². The molecule has 1 aromatic carbocycles. The predicted octanol–water partition coefficient (Wildman–Crippen LogP) is 2.26.